The van der Waals surface area contributed by atoms with Gasteiger partial charge in [0.25, 0.3) is 5.91 Å². The summed E-state index contributed by atoms with van der Waals surface area (Å²) in [5.41, 5.74) is 4.85. The number of carbonyl (C=O) groups is 1. The van der Waals surface area contributed by atoms with Gasteiger partial charge in [0.2, 0.25) is 0 Å². The summed E-state index contributed by atoms with van der Waals surface area (Å²) < 4.78 is 5.60. The van der Waals surface area contributed by atoms with Gasteiger partial charge in [-0.1, -0.05) is 24.3 Å². The molecule has 128 valence electrons. The molecule has 0 aliphatic heterocycles. The van der Waals surface area contributed by atoms with Crippen molar-refractivity contribution in [2.45, 2.75) is 20.8 Å². The van der Waals surface area contributed by atoms with Crippen molar-refractivity contribution in [2.75, 3.05) is 11.9 Å². The Morgan fingerprint density at radius 3 is 2.64 bits per heavy atom. The van der Waals surface area contributed by atoms with Crippen molar-refractivity contribution in [2.24, 2.45) is 0 Å². The van der Waals surface area contributed by atoms with Gasteiger partial charge in [0.15, 0.2) is 6.61 Å². The molecule has 2 aromatic carbocycles. The van der Waals surface area contributed by atoms with Crippen molar-refractivity contribution >= 4 is 22.9 Å². The van der Waals surface area contributed by atoms with Crippen LogP contribution in [0.1, 0.15) is 16.1 Å². The van der Waals surface area contributed by atoms with Gasteiger partial charge in [-0.15, -0.1) is 11.3 Å². The quantitative estimate of drug-likeness (QED) is 0.721. The van der Waals surface area contributed by atoms with Gasteiger partial charge >= 0.3 is 0 Å². The molecule has 0 radical (unpaired) electrons. The predicted molar refractivity (Wildman–Crippen MR) is 102 cm³/mol. The highest BCUT2D eigenvalue weighted by Gasteiger charge is 2.11. The second-order valence-electron chi connectivity index (χ2n) is 5.88. The minimum absolute atomic E-state index is 0.0348. The summed E-state index contributed by atoms with van der Waals surface area (Å²) in [5.74, 6) is 0.499. The molecule has 1 N–H and O–H groups in total. The Morgan fingerprint density at radius 1 is 1.12 bits per heavy atom. The van der Waals surface area contributed by atoms with Crippen molar-refractivity contribution in [3.8, 4) is 17.0 Å². The zero-order chi connectivity index (χ0) is 17.8. The first-order valence-corrected chi connectivity index (χ1v) is 8.92. The summed E-state index contributed by atoms with van der Waals surface area (Å²) in [4.78, 5) is 16.8. The minimum Gasteiger partial charge on any atom is -0.484 e. The molecule has 0 aliphatic rings. The van der Waals surface area contributed by atoms with Crippen LogP contribution in [0.25, 0.3) is 11.3 Å². The molecule has 1 heterocycles. The number of anilines is 1. The van der Waals surface area contributed by atoms with E-state index in [1.807, 2.05) is 68.6 Å². The predicted octanol–water partition coefficient (Wildman–Crippen LogP) is 4.75. The number of nitrogens with one attached hydrogen (secondary N) is 1. The third-order valence-corrected chi connectivity index (χ3v) is 4.72. The Bertz CT molecular complexity index is 902. The normalized spacial score (nSPS) is 10.5. The number of aryl methyl sites for hydroxylation is 3. The Labute approximate surface area is 151 Å². The smallest absolute Gasteiger partial charge is 0.262 e. The lowest BCUT2D eigenvalue weighted by atomic mass is 10.1. The van der Waals surface area contributed by atoms with Crippen LogP contribution in [0.3, 0.4) is 0 Å². The number of hydrogen-bond donors (Lipinski definition) is 1. The van der Waals surface area contributed by atoms with Gasteiger partial charge in [0, 0.05) is 10.9 Å². The van der Waals surface area contributed by atoms with E-state index in [0.717, 1.165) is 27.5 Å². The van der Waals surface area contributed by atoms with Crippen LogP contribution in [-0.4, -0.2) is 17.5 Å². The fourth-order valence-corrected chi connectivity index (χ4v) is 3.05. The Kier molecular flexibility index (Phi) is 5.14. The Hall–Kier alpha value is -2.66. The van der Waals surface area contributed by atoms with Crippen molar-refractivity contribution in [3.63, 3.8) is 0 Å². The van der Waals surface area contributed by atoms with E-state index in [1.54, 1.807) is 11.3 Å². The molecule has 4 nitrogen and oxygen atoms in total. The highest BCUT2D eigenvalue weighted by molar-refractivity contribution is 7.09. The number of rotatable bonds is 5. The zero-order valence-electron chi connectivity index (χ0n) is 14.5. The van der Waals surface area contributed by atoms with Crippen LogP contribution in [-0.2, 0) is 4.79 Å². The average Bonchev–Trinajstić information content (AvgIpc) is 3.03. The van der Waals surface area contributed by atoms with E-state index in [0.29, 0.717) is 5.75 Å². The van der Waals surface area contributed by atoms with Gasteiger partial charge in [0.05, 0.1) is 16.4 Å². The second kappa shape index (κ2) is 7.49. The molecule has 0 atom stereocenters. The number of amides is 1. The SMILES string of the molecule is Cc1nc(-c2ccccc2NC(=O)COc2ccc(C)c(C)c2)cs1. The van der Waals surface area contributed by atoms with Crippen molar-refractivity contribution in [1.29, 1.82) is 0 Å². The molecule has 0 aliphatic carbocycles. The number of nitrogens with zero attached hydrogens (tertiary/aromatic N) is 1. The van der Waals surface area contributed by atoms with Crippen molar-refractivity contribution < 1.29 is 9.53 Å². The fourth-order valence-electron chi connectivity index (χ4n) is 2.44. The van der Waals surface area contributed by atoms with Gasteiger partial charge in [-0.05, 0) is 50.1 Å². The van der Waals surface area contributed by atoms with Crippen LogP contribution >= 0.6 is 11.3 Å². The maximum absolute atomic E-state index is 12.3. The molecule has 0 spiro atoms. The van der Waals surface area contributed by atoms with E-state index in [-0.39, 0.29) is 12.5 Å². The second-order valence-corrected chi connectivity index (χ2v) is 6.94. The third kappa shape index (κ3) is 4.25. The number of ether oxygens (including phenoxy) is 1. The molecule has 5 heteroatoms. The third-order valence-electron chi connectivity index (χ3n) is 3.94. The van der Waals surface area contributed by atoms with Crippen LogP contribution < -0.4 is 10.1 Å². The number of para-hydroxylation sites is 1. The van der Waals surface area contributed by atoms with Crippen LogP contribution in [0.5, 0.6) is 5.75 Å². The molecule has 3 rings (SSSR count). The number of carbonyl (C=O) groups excluding carboxylic acids is 1. The summed E-state index contributed by atoms with van der Waals surface area (Å²) in [6, 6.07) is 13.5. The molecule has 0 fully saturated rings. The molecule has 3 aromatic rings. The van der Waals surface area contributed by atoms with E-state index in [9.17, 15) is 4.79 Å². The molecule has 0 bridgehead atoms. The summed E-state index contributed by atoms with van der Waals surface area (Å²) in [6.45, 7) is 6.00. The van der Waals surface area contributed by atoms with Crippen molar-refractivity contribution in [3.05, 3.63) is 64.0 Å². The van der Waals surface area contributed by atoms with Gasteiger partial charge in [0.1, 0.15) is 5.75 Å². The first-order chi connectivity index (χ1) is 12.0. The lowest BCUT2D eigenvalue weighted by Crippen LogP contribution is -2.20. The minimum atomic E-state index is -0.197. The van der Waals surface area contributed by atoms with E-state index in [1.165, 1.54) is 5.56 Å². The summed E-state index contributed by atoms with van der Waals surface area (Å²) >= 11 is 1.59. The van der Waals surface area contributed by atoms with Crippen LogP contribution in [0.4, 0.5) is 5.69 Å². The van der Waals surface area contributed by atoms with Crippen LogP contribution in [0.15, 0.2) is 47.8 Å². The van der Waals surface area contributed by atoms with Crippen LogP contribution in [0.2, 0.25) is 0 Å². The molecule has 0 saturated heterocycles. The standard InChI is InChI=1S/C20H20N2O2S/c1-13-8-9-16(10-14(13)2)24-11-20(23)22-18-7-5-4-6-17(18)19-12-25-15(3)21-19/h4-10,12H,11H2,1-3H3,(H,22,23). The van der Waals surface area contributed by atoms with E-state index in [2.05, 4.69) is 10.3 Å². The molecule has 25 heavy (non-hydrogen) atoms. The number of thiazole rings is 1. The molecule has 1 amide bonds. The molecular formula is C20H20N2O2S. The first-order valence-electron chi connectivity index (χ1n) is 8.04. The summed E-state index contributed by atoms with van der Waals surface area (Å²) in [5, 5.41) is 5.90. The molecule has 1 aromatic heterocycles. The molecule has 0 saturated carbocycles. The molecular weight excluding hydrogens is 332 g/mol. The first kappa shape index (κ1) is 17.2. The van der Waals surface area contributed by atoms with Gasteiger partial charge in [-0.3, -0.25) is 4.79 Å². The largest absolute Gasteiger partial charge is 0.484 e. The maximum atomic E-state index is 12.3. The van der Waals surface area contributed by atoms with Crippen molar-refractivity contribution in [1.82, 2.24) is 4.98 Å². The van der Waals surface area contributed by atoms with Gasteiger partial charge < -0.3 is 10.1 Å². The fraction of sp³-hybridized carbons (Fsp3) is 0.200. The lowest BCUT2D eigenvalue weighted by Gasteiger charge is -2.11. The highest BCUT2D eigenvalue weighted by Crippen LogP contribution is 2.28. The Morgan fingerprint density at radius 2 is 1.92 bits per heavy atom. The monoisotopic (exact) mass is 352 g/mol. The van der Waals surface area contributed by atoms with Gasteiger partial charge in [-0.2, -0.15) is 0 Å². The zero-order valence-corrected chi connectivity index (χ0v) is 15.3. The summed E-state index contributed by atoms with van der Waals surface area (Å²) in [6.07, 6.45) is 0. The van der Waals surface area contributed by atoms with E-state index < -0.39 is 0 Å². The average molecular weight is 352 g/mol. The lowest BCUT2D eigenvalue weighted by molar-refractivity contribution is -0.118. The maximum Gasteiger partial charge on any atom is 0.262 e. The van der Waals surface area contributed by atoms with E-state index >= 15 is 0 Å². The molecule has 0 unspecified atom stereocenters. The number of aromatic nitrogens is 1. The topological polar surface area (TPSA) is 51.2 Å². The number of hydrogen-bond acceptors (Lipinski definition) is 4. The highest BCUT2D eigenvalue weighted by atomic mass is 32.1. The van der Waals surface area contributed by atoms with E-state index in [4.69, 9.17) is 4.74 Å². The van der Waals surface area contributed by atoms with Gasteiger partial charge in [-0.25, -0.2) is 4.98 Å². The number of benzene rings is 2. The summed E-state index contributed by atoms with van der Waals surface area (Å²) in [7, 11) is 0. The van der Waals surface area contributed by atoms with Crippen LogP contribution in [0, 0.1) is 20.8 Å². The Balaban J connectivity index is 1.68.